The summed E-state index contributed by atoms with van der Waals surface area (Å²) in [5.74, 6) is -0.477. The number of carbonyl (C=O) groups is 1. The Morgan fingerprint density at radius 1 is 1.57 bits per heavy atom. The molecule has 0 bridgehead atoms. The van der Waals surface area contributed by atoms with Gasteiger partial charge in [-0.15, -0.1) is 0 Å². The van der Waals surface area contributed by atoms with Gasteiger partial charge in [0.15, 0.2) is 5.69 Å². The van der Waals surface area contributed by atoms with Crippen LogP contribution in [0.25, 0.3) is 0 Å². The third-order valence-electron chi connectivity index (χ3n) is 1.90. The van der Waals surface area contributed by atoms with E-state index in [1.807, 2.05) is 6.07 Å². The van der Waals surface area contributed by atoms with E-state index in [-0.39, 0.29) is 5.69 Å². The lowest BCUT2D eigenvalue weighted by Crippen LogP contribution is -2.08. The molecule has 0 spiro atoms. The molecule has 0 aromatic carbocycles. The van der Waals surface area contributed by atoms with Gasteiger partial charge >= 0.3 is 5.97 Å². The SMILES string of the molecule is COC(=O)c1nc(C)c(C#N)cc1C. The average Bonchev–Trinajstić information content (AvgIpc) is 2.19. The lowest BCUT2D eigenvalue weighted by atomic mass is 10.1. The van der Waals surface area contributed by atoms with Crippen molar-refractivity contribution < 1.29 is 9.53 Å². The number of nitriles is 1. The van der Waals surface area contributed by atoms with Gasteiger partial charge in [-0.2, -0.15) is 5.26 Å². The van der Waals surface area contributed by atoms with Crippen molar-refractivity contribution in [1.29, 1.82) is 5.26 Å². The lowest BCUT2D eigenvalue weighted by Gasteiger charge is -2.04. The molecule has 0 saturated heterocycles. The molecule has 4 nitrogen and oxygen atoms in total. The number of nitrogens with zero attached hydrogens (tertiary/aromatic N) is 2. The molecule has 0 saturated carbocycles. The number of esters is 1. The Morgan fingerprint density at radius 3 is 2.71 bits per heavy atom. The van der Waals surface area contributed by atoms with E-state index in [2.05, 4.69) is 9.72 Å². The molecule has 14 heavy (non-hydrogen) atoms. The van der Waals surface area contributed by atoms with Gasteiger partial charge in [-0.1, -0.05) is 0 Å². The van der Waals surface area contributed by atoms with E-state index in [4.69, 9.17) is 5.26 Å². The third-order valence-corrected chi connectivity index (χ3v) is 1.90. The summed E-state index contributed by atoms with van der Waals surface area (Å²) < 4.78 is 4.56. The lowest BCUT2D eigenvalue weighted by molar-refractivity contribution is 0.0593. The zero-order valence-electron chi connectivity index (χ0n) is 8.29. The van der Waals surface area contributed by atoms with Crippen molar-refractivity contribution in [2.24, 2.45) is 0 Å². The molecular formula is C10H10N2O2. The van der Waals surface area contributed by atoms with E-state index in [1.54, 1.807) is 19.9 Å². The van der Waals surface area contributed by atoms with Gasteiger partial charge in [-0.3, -0.25) is 0 Å². The van der Waals surface area contributed by atoms with Crippen LogP contribution in [0.15, 0.2) is 6.07 Å². The Hall–Kier alpha value is -1.89. The molecule has 0 atom stereocenters. The van der Waals surface area contributed by atoms with Crippen molar-refractivity contribution >= 4 is 5.97 Å². The summed E-state index contributed by atoms with van der Waals surface area (Å²) in [6, 6.07) is 3.64. The smallest absolute Gasteiger partial charge is 0.356 e. The van der Waals surface area contributed by atoms with E-state index < -0.39 is 5.97 Å². The van der Waals surface area contributed by atoms with Gasteiger partial charge in [0.2, 0.25) is 0 Å². The minimum atomic E-state index is -0.477. The summed E-state index contributed by atoms with van der Waals surface area (Å²) in [5, 5.41) is 8.72. The summed E-state index contributed by atoms with van der Waals surface area (Å²) in [5.41, 5.74) is 1.94. The van der Waals surface area contributed by atoms with Gasteiger partial charge in [0.1, 0.15) is 6.07 Å². The first-order valence-electron chi connectivity index (χ1n) is 4.06. The number of hydrogen-bond acceptors (Lipinski definition) is 4. The van der Waals surface area contributed by atoms with Crippen molar-refractivity contribution in [2.75, 3.05) is 7.11 Å². The highest BCUT2D eigenvalue weighted by molar-refractivity contribution is 5.88. The van der Waals surface area contributed by atoms with Crippen molar-refractivity contribution in [3.05, 3.63) is 28.6 Å². The van der Waals surface area contributed by atoms with Crippen LogP contribution in [0.4, 0.5) is 0 Å². The fourth-order valence-corrected chi connectivity index (χ4v) is 1.12. The van der Waals surface area contributed by atoms with Gasteiger partial charge in [-0.05, 0) is 25.5 Å². The molecule has 0 radical (unpaired) electrons. The summed E-state index contributed by atoms with van der Waals surface area (Å²) in [6.45, 7) is 3.41. The van der Waals surface area contributed by atoms with Crippen LogP contribution in [0.2, 0.25) is 0 Å². The Labute approximate surface area is 82.1 Å². The maximum absolute atomic E-state index is 11.2. The fourth-order valence-electron chi connectivity index (χ4n) is 1.12. The molecule has 1 aromatic heterocycles. The number of carbonyl (C=O) groups excluding carboxylic acids is 1. The summed E-state index contributed by atoms with van der Waals surface area (Å²) in [7, 11) is 1.30. The van der Waals surface area contributed by atoms with Crippen molar-refractivity contribution in [3.63, 3.8) is 0 Å². The molecule has 0 aliphatic heterocycles. The largest absolute Gasteiger partial charge is 0.464 e. The minimum Gasteiger partial charge on any atom is -0.464 e. The number of methoxy groups -OCH3 is 1. The Balaban J connectivity index is 3.30. The molecule has 0 aliphatic rings. The van der Waals surface area contributed by atoms with Gasteiger partial charge in [-0.25, -0.2) is 9.78 Å². The summed E-state index contributed by atoms with van der Waals surface area (Å²) >= 11 is 0. The Bertz CT molecular complexity index is 419. The van der Waals surface area contributed by atoms with E-state index >= 15 is 0 Å². The fraction of sp³-hybridized carbons (Fsp3) is 0.300. The predicted molar refractivity (Wildman–Crippen MR) is 49.8 cm³/mol. The predicted octanol–water partition coefficient (Wildman–Crippen LogP) is 1.36. The molecule has 1 heterocycles. The van der Waals surface area contributed by atoms with Crippen molar-refractivity contribution in [3.8, 4) is 6.07 Å². The molecule has 72 valence electrons. The Morgan fingerprint density at radius 2 is 2.21 bits per heavy atom. The van der Waals surface area contributed by atoms with Crippen LogP contribution >= 0.6 is 0 Å². The zero-order chi connectivity index (χ0) is 10.7. The van der Waals surface area contributed by atoms with E-state index in [0.717, 1.165) is 0 Å². The standard InChI is InChI=1S/C10H10N2O2/c1-6-4-8(5-11)7(2)12-9(6)10(13)14-3/h4H,1-3H3. The third kappa shape index (κ3) is 1.72. The maximum Gasteiger partial charge on any atom is 0.356 e. The van der Waals surface area contributed by atoms with Crippen LogP contribution in [-0.2, 0) is 4.74 Å². The molecule has 4 heteroatoms. The molecule has 1 rings (SSSR count). The monoisotopic (exact) mass is 190 g/mol. The maximum atomic E-state index is 11.2. The van der Waals surface area contributed by atoms with Crippen LogP contribution < -0.4 is 0 Å². The van der Waals surface area contributed by atoms with Crippen LogP contribution in [-0.4, -0.2) is 18.1 Å². The van der Waals surface area contributed by atoms with Gasteiger partial charge in [0, 0.05) is 0 Å². The molecule has 0 amide bonds. The van der Waals surface area contributed by atoms with Crippen molar-refractivity contribution in [1.82, 2.24) is 4.98 Å². The quantitative estimate of drug-likeness (QED) is 0.627. The number of hydrogen-bond donors (Lipinski definition) is 0. The molecule has 0 N–H and O–H groups in total. The molecule has 0 aliphatic carbocycles. The highest BCUT2D eigenvalue weighted by atomic mass is 16.5. The minimum absolute atomic E-state index is 0.268. The van der Waals surface area contributed by atoms with Crippen LogP contribution in [0, 0.1) is 25.2 Å². The van der Waals surface area contributed by atoms with E-state index in [1.165, 1.54) is 7.11 Å². The highest BCUT2D eigenvalue weighted by Gasteiger charge is 2.13. The Kier molecular flexibility index (Phi) is 2.82. The normalized spacial score (nSPS) is 9.29. The summed E-state index contributed by atoms with van der Waals surface area (Å²) in [6.07, 6.45) is 0. The van der Waals surface area contributed by atoms with Gasteiger partial charge in [0.25, 0.3) is 0 Å². The zero-order valence-corrected chi connectivity index (χ0v) is 8.29. The van der Waals surface area contributed by atoms with Crippen LogP contribution in [0.1, 0.15) is 27.3 Å². The number of pyridine rings is 1. The van der Waals surface area contributed by atoms with Crippen molar-refractivity contribution in [2.45, 2.75) is 13.8 Å². The topological polar surface area (TPSA) is 63.0 Å². The molecule has 1 aromatic rings. The van der Waals surface area contributed by atoms with E-state index in [0.29, 0.717) is 16.8 Å². The number of ether oxygens (including phenoxy) is 1. The molecule has 0 fully saturated rings. The van der Waals surface area contributed by atoms with Gasteiger partial charge < -0.3 is 4.74 Å². The second kappa shape index (κ2) is 3.88. The van der Waals surface area contributed by atoms with E-state index in [9.17, 15) is 4.79 Å². The second-order valence-electron chi connectivity index (χ2n) is 2.89. The first-order chi connectivity index (χ1) is 6.60. The second-order valence-corrected chi connectivity index (χ2v) is 2.89. The summed E-state index contributed by atoms with van der Waals surface area (Å²) in [4.78, 5) is 15.2. The average molecular weight is 190 g/mol. The first kappa shape index (κ1) is 10.2. The van der Waals surface area contributed by atoms with Gasteiger partial charge in [0.05, 0.1) is 18.4 Å². The van der Waals surface area contributed by atoms with Crippen LogP contribution in [0.3, 0.4) is 0 Å². The molecule has 0 unspecified atom stereocenters. The number of aryl methyl sites for hydroxylation is 2. The first-order valence-corrected chi connectivity index (χ1v) is 4.06. The van der Waals surface area contributed by atoms with Crippen LogP contribution in [0.5, 0.6) is 0 Å². The highest BCUT2D eigenvalue weighted by Crippen LogP contribution is 2.12. The number of aromatic nitrogens is 1. The molecular weight excluding hydrogens is 180 g/mol. The number of rotatable bonds is 1.